The zero-order chi connectivity index (χ0) is 54.3. The molecule has 0 aliphatic rings. The molecule has 426 valence electrons. The summed E-state index contributed by atoms with van der Waals surface area (Å²) in [7, 11) is 0. The molecule has 6 nitrogen and oxygen atoms in total. The van der Waals surface area contributed by atoms with E-state index in [4.69, 9.17) is 14.2 Å². The average molecular weight is 1040 g/mol. The lowest BCUT2D eigenvalue weighted by Gasteiger charge is -2.18. The number of carbonyl (C=O) groups is 3. The number of hydrogen-bond acceptors (Lipinski definition) is 6. The monoisotopic (exact) mass is 1040 g/mol. The third-order valence-electron chi connectivity index (χ3n) is 12.9. The largest absolute Gasteiger partial charge is 0.462 e. The van der Waals surface area contributed by atoms with Gasteiger partial charge in [-0.1, -0.05) is 251 Å². The number of rotatable bonds is 55. The van der Waals surface area contributed by atoms with Gasteiger partial charge in [0.25, 0.3) is 0 Å². The number of carbonyl (C=O) groups excluding carboxylic acids is 3. The van der Waals surface area contributed by atoms with Crippen LogP contribution in [0.2, 0.25) is 0 Å². The molecule has 0 fully saturated rings. The molecule has 0 rings (SSSR count). The van der Waals surface area contributed by atoms with Gasteiger partial charge in [0.2, 0.25) is 0 Å². The van der Waals surface area contributed by atoms with Crippen LogP contribution in [0.4, 0.5) is 0 Å². The first kappa shape index (κ1) is 70.8. The van der Waals surface area contributed by atoms with Crippen LogP contribution in [0.5, 0.6) is 0 Å². The van der Waals surface area contributed by atoms with Crippen LogP contribution in [0.1, 0.15) is 278 Å². The molecule has 75 heavy (non-hydrogen) atoms. The van der Waals surface area contributed by atoms with E-state index in [-0.39, 0.29) is 37.5 Å². The average Bonchev–Trinajstić information content (AvgIpc) is 3.41. The number of unbranched alkanes of at least 4 members (excludes halogenated alkanes) is 24. The fourth-order valence-electron chi connectivity index (χ4n) is 8.28. The topological polar surface area (TPSA) is 78.9 Å². The second-order valence-electron chi connectivity index (χ2n) is 20.2. The van der Waals surface area contributed by atoms with Crippen molar-refractivity contribution in [3.05, 3.63) is 122 Å². The highest BCUT2D eigenvalue weighted by molar-refractivity contribution is 5.71. The van der Waals surface area contributed by atoms with Gasteiger partial charge in [-0.2, -0.15) is 0 Å². The molecular formula is C69H114O6. The minimum atomic E-state index is -0.820. The van der Waals surface area contributed by atoms with E-state index in [1.54, 1.807) is 0 Å². The van der Waals surface area contributed by atoms with Crippen LogP contribution in [0, 0.1) is 0 Å². The standard InChI is InChI=1S/C69H114O6/c1-4-7-10-13-16-19-22-25-28-30-31-32-33-34-35-36-37-39-41-44-47-50-53-56-59-62-68(71)74-65-66(64-73-67(70)61-58-55-52-49-46-43-40-27-24-21-18-15-12-9-6-3)75-69(72)63-60-57-54-51-48-45-42-38-29-26-23-20-17-14-11-8-5-2/h8,11,17-18,20-22,25-27,29-31,33-34,40,42,45,51,54,66H,4-7,9-10,12-16,19,23-24,28,32,35-39,41,43-44,46-50,52-53,55-65H2,1-3H3/b11-8-,20-17-,21-18-,25-22-,29-26-,31-30-,34-33-,40-27-,45-42-,54-51-. The molecule has 0 aliphatic heterocycles. The summed E-state index contributed by atoms with van der Waals surface area (Å²) in [5.74, 6) is -0.985. The molecule has 0 bridgehead atoms. The predicted octanol–water partition coefficient (Wildman–Crippen LogP) is 21.2. The third-order valence-corrected chi connectivity index (χ3v) is 12.9. The van der Waals surface area contributed by atoms with Gasteiger partial charge in [0.1, 0.15) is 13.2 Å². The van der Waals surface area contributed by atoms with Gasteiger partial charge < -0.3 is 14.2 Å². The van der Waals surface area contributed by atoms with Crippen molar-refractivity contribution in [2.75, 3.05) is 13.2 Å². The Balaban J connectivity index is 4.43. The maximum Gasteiger partial charge on any atom is 0.306 e. The van der Waals surface area contributed by atoms with Crippen LogP contribution in [0.25, 0.3) is 0 Å². The summed E-state index contributed by atoms with van der Waals surface area (Å²) in [5, 5.41) is 0. The number of esters is 3. The smallest absolute Gasteiger partial charge is 0.306 e. The Kier molecular flexibility index (Phi) is 58.9. The summed E-state index contributed by atoms with van der Waals surface area (Å²) in [5.41, 5.74) is 0. The predicted molar refractivity (Wildman–Crippen MR) is 325 cm³/mol. The van der Waals surface area contributed by atoms with Crippen molar-refractivity contribution in [2.24, 2.45) is 0 Å². The molecule has 1 unspecified atom stereocenters. The van der Waals surface area contributed by atoms with Gasteiger partial charge in [-0.15, -0.1) is 0 Å². The van der Waals surface area contributed by atoms with Crippen LogP contribution in [-0.2, 0) is 28.6 Å². The molecule has 0 aromatic heterocycles. The molecular weight excluding hydrogens is 925 g/mol. The van der Waals surface area contributed by atoms with Crippen molar-refractivity contribution >= 4 is 17.9 Å². The lowest BCUT2D eigenvalue weighted by atomic mass is 10.1. The minimum absolute atomic E-state index is 0.110. The minimum Gasteiger partial charge on any atom is -0.462 e. The van der Waals surface area contributed by atoms with Gasteiger partial charge in [-0.3, -0.25) is 14.4 Å². The molecule has 0 amide bonds. The lowest BCUT2D eigenvalue weighted by Crippen LogP contribution is -2.30. The Bertz CT molecular complexity index is 1570. The highest BCUT2D eigenvalue weighted by Gasteiger charge is 2.19. The molecule has 0 aliphatic carbocycles. The van der Waals surface area contributed by atoms with Crippen molar-refractivity contribution in [1.82, 2.24) is 0 Å². The fourth-order valence-corrected chi connectivity index (χ4v) is 8.28. The molecule has 0 saturated heterocycles. The van der Waals surface area contributed by atoms with Crippen LogP contribution < -0.4 is 0 Å². The van der Waals surface area contributed by atoms with Crippen molar-refractivity contribution in [1.29, 1.82) is 0 Å². The van der Waals surface area contributed by atoms with Crippen molar-refractivity contribution in [2.45, 2.75) is 284 Å². The van der Waals surface area contributed by atoms with Crippen molar-refractivity contribution in [3.63, 3.8) is 0 Å². The highest BCUT2D eigenvalue weighted by Crippen LogP contribution is 2.14. The van der Waals surface area contributed by atoms with Crippen molar-refractivity contribution in [3.8, 4) is 0 Å². The van der Waals surface area contributed by atoms with Gasteiger partial charge in [-0.05, 0) is 128 Å². The molecule has 1 atom stereocenters. The van der Waals surface area contributed by atoms with E-state index in [2.05, 4.69) is 142 Å². The van der Waals surface area contributed by atoms with Crippen LogP contribution in [0.3, 0.4) is 0 Å². The Morgan fingerprint density at radius 3 is 0.880 bits per heavy atom. The Morgan fingerprint density at radius 2 is 0.533 bits per heavy atom. The third kappa shape index (κ3) is 60.6. The molecule has 0 saturated carbocycles. The lowest BCUT2D eigenvalue weighted by molar-refractivity contribution is -0.167. The quantitative estimate of drug-likeness (QED) is 0.0261. The summed E-state index contributed by atoms with van der Waals surface area (Å²) in [6.07, 6.45) is 86.3. The first-order chi connectivity index (χ1) is 37.0. The molecule has 0 radical (unpaired) electrons. The molecule has 0 aromatic rings. The van der Waals surface area contributed by atoms with Crippen LogP contribution in [0.15, 0.2) is 122 Å². The van der Waals surface area contributed by atoms with E-state index >= 15 is 0 Å². The van der Waals surface area contributed by atoms with E-state index in [0.717, 1.165) is 116 Å². The van der Waals surface area contributed by atoms with Crippen LogP contribution >= 0.6 is 0 Å². The Hall–Kier alpha value is -4.19. The second-order valence-corrected chi connectivity index (χ2v) is 20.2. The van der Waals surface area contributed by atoms with Gasteiger partial charge in [0.15, 0.2) is 6.10 Å². The SMILES string of the molecule is CC/C=C\C/C=C\C/C=C\C/C=C\C/C=C\CCCC(=O)OC(COC(=O)CCCCCCC/C=C\C/C=C\CCCCC)COC(=O)CCCCCCCCCCCC/C=C\C/C=C\C/C=C\CCCCCCC. The summed E-state index contributed by atoms with van der Waals surface area (Å²) < 4.78 is 16.8. The zero-order valence-electron chi connectivity index (χ0n) is 48.8. The Morgan fingerprint density at radius 1 is 0.280 bits per heavy atom. The maximum absolute atomic E-state index is 12.9. The first-order valence-corrected chi connectivity index (χ1v) is 31.0. The zero-order valence-corrected chi connectivity index (χ0v) is 48.8. The van der Waals surface area contributed by atoms with Gasteiger partial charge in [0, 0.05) is 19.3 Å². The molecule has 6 heteroatoms. The van der Waals surface area contributed by atoms with E-state index in [9.17, 15) is 14.4 Å². The maximum atomic E-state index is 12.9. The summed E-state index contributed by atoms with van der Waals surface area (Å²) >= 11 is 0. The first-order valence-electron chi connectivity index (χ1n) is 31.0. The summed E-state index contributed by atoms with van der Waals surface area (Å²) in [6.45, 7) is 6.43. The van der Waals surface area contributed by atoms with Gasteiger partial charge in [-0.25, -0.2) is 0 Å². The second kappa shape index (κ2) is 62.4. The number of ether oxygens (including phenoxy) is 3. The molecule has 0 aromatic carbocycles. The normalized spacial score (nSPS) is 12.9. The molecule has 0 spiro atoms. The van der Waals surface area contributed by atoms with E-state index in [0.29, 0.717) is 19.3 Å². The van der Waals surface area contributed by atoms with Crippen LogP contribution in [-0.4, -0.2) is 37.2 Å². The van der Waals surface area contributed by atoms with Gasteiger partial charge in [0.05, 0.1) is 0 Å². The number of hydrogen-bond donors (Lipinski definition) is 0. The summed E-state index contributed by atoms with van der Waals surface area (Å²) in [6, 6.07) is 0. The molecule has 0 heterocycles. The Labute approximate surface area is 462 Å². The fraction of sp³-hybridized carbons (Fsp3) is 0.667. The van der Waals surface area contributed by atoms with Crippen molar-refractivity contribution < 1.29 is 28.6 Å². The number of allylic oxidation sites excluding steroid dienone is 20. The molecule has 0 N–H and O–H groups in total. The van der Waals surface area contributed by atoms with Gasteiger partial charge >= 0.3 is 17.9 Å². The highest BCUT2D eigenvalue weighted by atomic mass is 16.6. The van der Waals surface area contributed by atoms with E-state index < -0.39 is 6.10 Å². The van der Waals surface area contributed by atoms with E-state index in [1.807, 2.05) is 0 Å². The summed E-state index contributed by atoms with van der Waals surface area (Å²) in [4.78, 5) is 38.2. The van der Waals surface area contributed by atoms with E-state index in [1.165, 1.54) is 116 Å².